The van der Waals surface area contributed by atoms with Gasteiger partial charge in [0.05, 0.1) is 0 Å². The monoisotopic (exact) mass is 235 g/mol. The first kappa shape index (κ1) is 15.2. The van der Waals surface area contributed by atoms with Crippen LogP contribution in [0.1, 0.15) is 26.7 Å². The Labute approximate surface area is 98.3 Å². The van der Waals surface area contributed by atoms with Gasteiger partial charge in [-0.15, -0.1) is 0 Å². The van der Waals surface area contributed by atoms with E-state index in [1.54, 1.807) is 0 Å². The summed E-state index contributed by atoms with van der Waals surface area (Å²) >= 11 is 1.91. The molecule has 0 aliphatic heterocycles. The fourth-order valence-electron chi connectivity index (χ4n) is 1.25. The van der Waals surface area contributed by atoms with Gasteiger partial charge in [0, 0.05) is 19.8 Å². The van der Waals surface area contributed by atoms with Gasteiger partial charge in [0.25, 0.3) is 0 Å². The van der Waals surface area contributed by atoms with E-state index >= 15 is 0 Å². The SMILES string of the molecule is CCOC(CNCCCCSC)OCC. The van der Waals surface area contributed by atoms with Crippen LogP contribution in [0, 0.1) is 0 Å². The van der Waals surface area contributed by atoms with Crippen LogP contribution in [0.25, 0.3) is 0 Å². The maximum atomic E-state index is 5.42. The molecule has 4 heteroatoms. The van der Waals surface area contributed by atoms with Crippen LogP contribution in [0.5, 0.6) is 0 Å². The molecule has 0 bridgehead atoms. The van der Waals surface area contributed by atoms with Gasteiger partial charge >= 0.3 is 0 Å². The van der Waals surface area contributed by atoms with Crippen molar-refractivity contribution in [1.82, 2.24) is 5.32 Å². The standard InChI is InChI=1S/C11H25NO2S/c1-4-13-11(14-5-2)10-12-8-6-7-9-15-3/h11-12H,4-10H2,1-3H3. The van der Waals surface area contributed by atoms with Gasteiger partial charge in [0.15, 0.2) is 6.29 Å². The minimum atomic E-state index is -0.0828. The maximum absolute atomic E-state index is 5.42. The Bertz CT molecular complexity index is 119. The molecule has 0 aliphatic carbocycles. The molecule has 0 unspecified atom stereocenters. The molecule has 15 heavy (non-hydrogen) atoms. The highest BCUT2D eigenvalue weighted by atomic mass is 32.2. The molecule has 0 saturated carbocycles. The molecule has 0 rings (SSSR count). The van der Waals surface area contributed by atoms with E-state index in [1.165, 1.54) is 18.6 Å². The van der Waals surface area contributed by atoms with E-state index in [0.29, 0.717) is 13.2 Å². The van der Waals surface area contributed by atoms with Gasteiger partial charge in [-0.2, -0.15) is 11.8 Å². The summed E-state index contributed by atoms with van der Waals surface area (Å²) in [4.78, 5) is 0. The van der Waals surface area contributed by atoms with Crippen molar-refractivity contribution in [3.05, 3.63) is 0 Å². The quantitative estimate of drug-likeness (QED) is 0.439. The first-order chi connectivity index (χ1) is 7.35. The van der Waals surface area contributed by atoms with E-state index in [-0.39, 0.29) is 6.29 Å². The molecule has 92 valence electrons. The molecule has 0 heterocycles. The number of thioether (sulfide) groups is 1. The third-order valence-electron chi connectivity index (χ3n) is 1.97. The molecule has 1 N–H and O–H groups in total. The highest BCUT2D eigenvalue weighted by Crippen LogP contribution is 1.98. The lowest BCUT2D eigenvalue weighted by molar-refractivity contribution is -0.132. The zero-order chi connectivity index (χ0) is 11.4. The van der Waals surface area contributed by atoms with E-state index in [9.17, 15) is 0 Å². The lowest BCUT2D eigenvalue weighted by Gasteiger charge is -2.17. The van der Waals surface area contributed by atoms with Gasteiger partial charge in [-0.1, -0.05) is 0 Å². The Morgan fingerprint density at radius 1 is 1.13 bits per heavy atom. The minimum absolute atomic E-state index is 0.0828. The summed E-state index contributed by atoms with van der Waals surface area (Å²) in [6.45, 7) is 7.24. The van der Waals surface area contributed by atoms with Crippen LogP contribution < -0.4 is 5.32 Å². The molecule has 0 aliphatic rings. The second kappa shape index (κ2) is 12.3. The predicted octanol–water partition coefficient (Wildman–Crippen LogP) is 2.12. The number of rotatable bonds is 11. The van der Waals surface area contributed by atoms with Crippen LogP contribution in [0.2, 0.25) is 0 Å². The zero-order valence-corrected chi connectivity index (χ0v) is 11.1. The molecule has 0 fully saturated rings. The van der Waals surface area contributed by atoms with Crippen LogP contribution >= 0.6 is 11.8 Å². The number of hydrogen-bond acceptors (Lipinski definition) is 4. The van der Waals surface area contributed by atoms with Crippen LogP contribution in [0.3, 0.4) is 0 Å². The van der Waals surface area contributed by atoms with Gasteiger partial charge in [-0.05, 0) is 45.2 Å². The Balaban J connectivity index is 3.28. The van der Waals surface area contributed by atoms with E-state index in [2.05, 4.69) is 11.6 Å². The average molecular weight is 235 g/mol. The number of nitrogens with one attached hydrogen (secondary N) is 1. The van der Waals surface area contributed by atoms with Gasteiger partial charge < -0.3 is 14.8 Å². The van der Waals surface area contributed by atoms with E-state index in [0.717, 1.165) is 13.1 Å². The number of unbranched alkanes of at least 4 members (excludes halogenated alkanes) is 1. The van der Waals surface area contributed by atoms with Crippen molar-refractivity contribution in [1.29, 1.82) is 0 Å². The molecule has 3 nitrogen and oxygen atoms in total. The Morgan fingerprint density at radius 2 is 1.80 bits per heavy atom. The van der Waals surface area contributed by atoms with E-state index in [4.69, 9.17) is 9.47 Å². The lowest BCUT2D eigenvalue weighted by atomic mass is 10.3. The summed E-state index contributed by atoms with van der Waals surface area (Å²) < 4.78 is 10.8. The third-order valence-corrected chi connectivity index (χ3v) is 2.67. The molecule has 0 radical (unpaired) electrons. The second-order valence-electron chi connectivity index (χ2n) is 3.24. The second-order valence-corrected chi connectivity index (χ2v) is 4.23. The van der Waals surface area contributed by atoms with Crippen LogP contribution in [0.4, 0.5) is 0 Å². The molecule has 0 saturated heterocycles. The topological polar surface area (TPSA) is 30.5 Å². The molecule has 0 amide bonds. The molecular weight excluding hydrogens is 210 g/mol. The maximum Gasteiger partial charge on any atom is 0.169 e. The average Bonchev–Trinajstić information content (AvgIpc) is 2.24. The highest BCUT2D eigenvalue weighted by molar-refractivity contribution is 7.98. The van der Waals surface area contributed by atoms with Crippen molar-refractivity contribution < 1.29 is 9.47 Å². The van der Waals surface area contributed by atoms with Crippen LogP contribution in [0.15, 0.2) is 0 Å². The molecule has 0 aromatic carbocycles. The summed E-state index contributed by atoms with van der Waals surface area (Å²) in [5.41, 5.74) is 0. The fourth-order valence-corrected chi connectivity index (χ4v) is 1.75. The Morgan fingerprint density at radius 3 is 2.33 bits per heavy atom. The zero-order valence-electron chi connectivity index (χ0n) is 10.3. The summed E-state index contributed by atoms with van der Waals surface area (Å²) in [5, 5.41) is 3.35. The molecule has 0 aromatic heterocycles. The first-order valence-electron chi connectivity index (χ1n) is 5.78. The third kappa shape index (κ3) is 10.5. The van der Waals surface area contributed by atoms with Crippen molar-refractivity contribution in [2.45, 2.75) is 33.0 Å². The summed E-state index contributed by atoms with van der Waals surface area (Å²) in [5.74, 6) is 1.25. The van der Waals surface area contributed by atoms with Crippen molar-refractivity contribution in [3.63, 3.8) is 0 Å². The number of hydrogen-bond donors (Lipinski definition) is 1. The van der Waals surface area contributed by atoms with Crippen LogP contribution in [-0.4, -0.2) is 44.6 Å². The number of ether oxygens (including phenoxy) is 2. The minimum Gasteiger partial charge on any atom is -0.352 e. The lowest BCUT2D eigenvalue weighted by Crippen LogP contribution is -2.32. The Hall–Kier alpha value is 0.230. The predicted molar refractivity (Wildman–Crippen MR) is 67.5 cm³/mol. The largest absolute Gasteiger partial charge is 0.352 e. The van der Waals surface area contributed by atoms with Crippen molar-refractivity contribution in [2.24, 2.45) is 0 Å². The van der Waals surface area contributed by atoms with Gasteiger partial charge in [0.2, 0.25) is 0 Å². The molecular formula is C11H25NO2S. The normalized spacial score (nSPS) is 11.2. The van der Waals surface area contributed by atoms with Gasteiger partial charge in [-0.3, -0.25) is 0 Å². The van der Waals surface area contributed by atoms with Gasteiger partial charge in [-0.25, -0.2) is 0 Å². The molecule has 0 aromatic rings. The van der Waals surface area contributed by atoms with Crippen molar-refractivity contribution in [2.75, 3.05) is 38.3 Å². The molecule has 0 spiro atoms. The van der Waals surface area contributed by atoms with Crippen LogP contribution in [-0.2, 0) is 9.47 Å². The Kier molecular flexibility index (Phi) is 12.5. The summed E-state index contributed by atoms with van der Waals surface area (Å²) in [6, 6.07) is 0. The van der Waals surface area contributed by atoms with Crippen molar-refractivity contribution >= 4 is 11.8 Å². The highest BCUT2D eigenvalue weighted by Gasteiger charge is 2.05. The summed E-state index contributed by atoms with van der Waals surface area (Å²) in [7, 11) is 0. The van der Waals surface area contributed by atoms with Gasteiger partial charge in [0.1, 0.15) is 0 Å². The molecule has 0 atom stereocenters. The smallest absolute Gasteiger partial charge is 0.169 e. The van der Waals surface area contributed by atoms with Crippen molar-refractivity contribution in [3.8, 4) is 0 Å². The van der Waals surface area contributed by atoms with E-state index < -0.39 is 0 Å². The fraction of sp³-hybridized carbons (Fsp3) is 1.00. The first-order valence-corrected chi connectivity index (χ1v) is 7.17. The van der Waals surface area contributed by atoms with E-state index in [1.807, 2.05) is 25.6 Å². The summed E-state index contributed by atoms with van der Waals surface area (Å²) in [6.07, 6.45) is 4.57.